The van der Waals surface area contributed by atoms with Crippen molar-refractivity contribution in [2.45, 2.75) is 11.3 Å². The van der Waals surface area contributed by atoms with Crippen LogP contribution in [0.5, 0.6) is 11.5 Å². The molecule has 2 heterocycles. The highest BCUT2D eigenvalue weighted by Gasteiger charge is 2.34. The summed E-state index contributed by atoms with van der Waals surface area (Å²) in [5, 5.41) is 3.19. The van der Waals surface area contributed by atoms with Gasteiger partial charge in [-0.3, -0.25) is 4.79 Å². The van der Waals surface area contributed by atoms with Crippen LogP contribution < -0.4 is 14.8 Å². The second kappa shape index (κ2) is 9.09. The number of hydrogen-bond donors (Lipinski definition) is 1. The molecule has 2 aliphatic rings. The van der Waals surface area contributed by atoms with Crippen molar-refractivity contribution in [2.24, 2.45) is 5.92 Å². The third-order valence-corrected chi connectivity index (χ3v) is 6.87. The van der Waals surface area contributed by atoms with Crippen LogP contribution >= 0.6 is 12.4 Å². The predicted molar refractivity (Wildman–Crippen MR) is 103 cm³/mol. The van der Waals surface area contributed by atoms with E-state index in [1.54, 1.807) is 17.0 Å². The average Bonchev–Trinajstić information content (AvgIpc) is 3.21. The monoisotopic (exact) mass is 419 g/mol. The van der Waals surface area contributed by atoms with Gasteiger partial charge in [-0.25, -0.2) is 8.42 Å². The second-order valence-corrected chi connectivity index (χ2v) is 8.34. The summed E-state index contributed by atoms with van der Waals surface area (Å²) < 4.78 is 37.9. The van der Waals surface area contributed by atoms with Gasteiger partial charge in [0.1, 0.15) is 16.4 Å². The molecular formula is C17H26ClN3O5S. The number of benzene rings is 1. The normalized spacial score (nSPS) is 20.8. The van der Waals surface area contributed by atoms with E-state index in [-0.39, 0.29) is 48.0 Å². The Morgan fingerprint density at radius 3 is 2.41 bits per heavy atom. The van der Waals surface area contributed by atoms with Gasteiger partial charge in [0.25, 0.3) is 0 Å². The minimum absolute atomic E-state index is 0. The Morgan fingerprint density at radius 2 is 1.85 bits per heavy atom. The van der Waals surface area contributed by atoms with Crippen LogP contribution in [0.2, 0.25) is 0 Å². The Hall–Kier alpha value is -1.55. The van der Waals surface area contributed by atoms with Crippen LogP contribution in [0.4, 0.5) is 0 Å². The van der Waals surface area contributed by atoms with Gasteiger partial charge in [0.15, 0.2) is 0 Å². The zero-order chi connectivity index (χ0) is 18.7. The van der Waals surface area contributed by atoms with Crippen molar-refractivity contribution in [1.29, 1.82) is 0 Å². The van der Waals surface area contributed by atoms with E-state index in [0.29, 0.717) is 25.4 Å². The standard InChI is InChI=1S/C17H25N3O5S.ClH/c1-24-14-3-4-15(25-2)16(11-14)26(22,23)20-9-7-19(8-10-20)17(21)13-5-6-18-12-13;/h3-4,11,13,18H,5-10,12H2,1-2H3;1H. The van der Waals surface area contributed by atoms with Gasteiger partial charge in [-0.15, -0.1) is 12.4 Å². The molecule has 10 heteroatoms. The molecule has 1 aromatic carbocycles. The lowest BCUT2D eigenvalue weighted by molar-refractivity contribution is -0.136. The first kappa shape index (κ1) is 21.7. The lowest BCUT2D eigenvalue weighted by atomic mass is 10.1. The van der Waals surface area contributed by atoms with Crippen molar-refractivity contribution in [2.75, 3.05) is 53.5 Å². The molecule has 1 aromatic rings. The maximum atomic E-state index is 13.0. The van der Waals surface area contributed by atoms with Gasteiger partial charge in [-0.1, -0.05) is 0 Å². The zero-order valence-electron chi connectivity index (χ0n) is 15.5. The third-order valence-electron chi connectivity index (χ3n) is 4.95. The Kier molecular flexibility index (Phi) is 7.32. The summed E-state index contributed by atoms with van der Waals surface area (Å²) in [5.74, 6) is 0.857. The first-order chi connectivity index (χ1) is 12.5. The van der Waals surface area contributed by atoms with Crippen LogP contribution in [-0.2, 0) is 14.8 Å². The molecule has 0 saturated carbocycles. The fraction of sp³-hybridized carbons (Fsp3) is 0.588. The van der Waals surface area contributed by atoms with Crippen molar-refractivity contribution in [3.05, 3.63) is 18.2 Å². The van der Waals surface area contributed by atoms with Gasteiger partial charge in [0.05, 0.1) is 20.1 Å². The molecule has 0 spiro atoms. The zero-order valence-corrected chi connectivity index (χ0v) is 17.1. The fourth-order valence-electron chi connectivity index (χ4n) is 3.40. The summed E-state index contributed by atoms with van der Waals surface area (Å²) in [4.78, 5) is 14.3. The van der Waals surface area contributed by atoms with Crippen LogP contribution in [0.1, 0.15) is 6.42 Å². The number of halogens is 1. The molecule has 0 aromatic heterocycles. The molecule has 0 bridgehead atoms. The molecule has 0 radical (unpaired) electrons. The van der Waals surface area contributed by atoms with Crippen LogP contribution in [0, 0.1) is 5.92 Å². The van der Waals surface area contributed by atoms with Crippen molar-refractivity contribution in [1.82, 2.24) is 14.5 Å². The topological polar surface area (TPSA) is 88.2 Å². The molecule has 0 aliphatic carbocycles. The molecule has 2 fully saturated rings. The summed E-state index contributed by atoms with van der Waals surface area (Å²) >= 11 is 0. The Morgan fingerprint density at radius 1 is 1.15 bits per heavy atom. The van der Waals surface area contributed by atoms with Crippen LogP contribution in [0.15, 0.2) is 23.1 Å². The summed E-state index contributed by atoms with van der Waals surface area (Å²) in [7, 11) is -0.803. The Bertz CT molecular complexity index is 760. The minimum atomic E-state index is -3.73. The number of amides is 1. The highest BCUT2D eigenvalue weighted by molar-refractivity contribution is 7.89. The maximum Gasteiger partial charge on any atom is 0.247 e. The van der Waals surface area contributed by atoms with E-state index < -0.39 is 10.0 Å². The molecule has 3 rings (SSSR count). The Labute approximate surface area is 166 Å². The number of nitrogens with zero attached hydrogens (tertiary/aromatic N) is 2. The third kappa shape index (κ3) is 4.48. The summed E-state index contributed by atoms with van der Waals surface area (Å²) in [5.41, 5.74) is 0. The van der Waals surface area contributed by atoms with Crippen molar-refractivity contribution < 1.29 is 22.7 Å². The van der Waals surface area contributed by atoms with Crippen LogP contribution in [-0.4, -0.2) is 77.0 Å². The van der Waals surface area contributed by atoms with E-state index in [9.17, 15) is 13.2 Å². The largest absolute Gasteiger partial charge is 0.497 e. The first-order valence-corrected chi connectivity index (χ1v) is 10.1. The number of rotatable bonds is 5. The summed E-state index contributed by atoms with van der Waals surface area (Å²) in [6.07, 6.45) is 0.846. The molecule has 152 valence electrons. The van der Waals surface area contributed by atoms with E-state index in [2.05, 4.69) is 5.32 Å². The van der Waals surface area contributed by atoms with Gasteiger partial charge >= 0.3 is 0 Å². The summed E-state index contributed by atoms with van der Waals surface area (Å²) in [6.45, 7) is 2.92. The molecule has 1 N–H and O–H groups in total. The molecule has 27 heavy (non-hydrogen) atoms. The number of ether oxygens (including phenoxy) is 2. The number of sulfonamides is 1. The smallest absolute Gasteiger partial charge is 0.247 e. The van der Waals surface area contributed by atoms with Gasteiger partial charge in [0.2, 0.25) is 15.9 Å². The maximum absolute atomic E-state index is 13.0. The van der Waals surface area contributed by atoms with Gasteiger partial charge in [-0.05, 0) is 25.1 Å². The molecule has 2 aliphatic heterocycles. The molecule has 1 amide bonds. The van der Waals surface area contributed by atoms with Gasteiger partial charge < -0.3 is 19.7 Å². The molecule has 8 nitrogen and oxygen atoms in total. The number of nitrogens with one attached hydrogen (secondary N) is 1. The minimum Gasteiger partial charge on any atom is -0.497 e. The molecule has 2 saturated heterocycles. The summed E-state index contributed by atoms with van der Waals surface area (Å²) in [6, 6.07) is 4.71. The average molecular weight is 420 g/mol. The van der Waals surface area contributed by atoms with Crippen LogP contribution in [0.25, 0.3) is 0 Å². The van der Waals surface area contributed by atoms with E-state index in [1.807, 2.05) is 0 Å². The van der Waals surface area contributed by atoms with E-state index in [4.69, 9.17) is 9.47 Å². The van der Waals surface area contributed by atoms with Crippen molar-refractivity contribution >= 4 is 28.3 Å². The van der Waals surface area contributed by atoms with Crippen molar-refractivity contribution in [3.63, 3.8) is 0 Å². The first-order valence-electron chi connectivity index (χ1n) is 8.69. The van der Waals surface area contributed by atoms with Crippen molar-refractivity contribution in [3.8, 4) is 11.5 Å². The quantitative estimate of drug-likeness (QED) is 0.750. The predicted octanol–water partition coefficient (Wildman–Crippen LogP) is 0.568. The Balaban J connectivity index is 0.00000261. The van der Waals surface area contributed by atoms with E-state index in [0.717, 1.165) is 13.0 Å². The van der Waals surface area contributed by atoms with Crippen LogP contribution in [0.3, 0.4) is 0 Å². The number of piperazine rings is 1. The SMILES string of the molecule is COc1ccc(OC)c(S(=O)(=O)N2CCN(C(=O)C3CCNC3)CC2)c1.Cl. The highest BCUT2D eigenvalue weighted by atomic mass is 35.5. The van der Waals surface area contributed by atoms with Gasteiger partial charge in [-0.2, -0.15) is 4.31 Å². The number of hydrogen-bond acceptors (Lipinski definition) is 6. The fourth-order valence-corrected chi connectivity index (χ4v) is 4.99. The number of carbonyl (C=O) groups is 1. The molecular weight excluding hydrogens is 394 g/mol. The van der Waals surface area contributed by atoms with Gasteiger partial charge in [0, 0.05) is 38.8 Å². The molecule has 1 unspecified atom stereocenters. The van der Waals surface area contributed by atoms with E-state index in [1.165, 1.54) is 24.6 Å². The second-order valence-electron chi connectivity index (χ2n) is 6.44. The number of methoxy groups -OCH3 is 2. The lowest BCUT2D eigenvalue weighted by Gasteiger charge is -2.35. The molecule has 1 atom stereocenters. The van der Waals surface area contributed by atoms with E-state index >= 15 is 0 Å². The lowest BCUT2D eigenvalue weighted by Crippen LogP contribution is -2.52. The number of carbonyl (C=O) groups excluding carboxylic acids is 1. The highest BCUT2D eigenvalue weighted by Crippen LogP contribution is 2.31.